The maximum Gasteiger partial charge on any atom is 0.335 e. The van der Waals surface area contributed by atoms with Crippen molar-refractivity contribution >= 4 is 29.3 Å². The van der Waals surface area contributed by atoms with Gasteiger partial charge in [0, 0.05) is 17.9 Å². The molecule has 0 radical (unpaired) electrons. The van der Waals surface area contributed by atoms with Crippen LogP contribution in [-0.2, 0) is 4.79 Å². The molecule has 2 aliphatic rings. The molecular weight excluding hydrogens is 454 g/mol. The summed E-state index contributed by atoms with van der Waals surface area (Å²) < 4.78 is 0. The number of anilines is 2. The molecule has 1 saturated heterocycles. The summed E-state index contributed by atoms with van der Waals surface area (Å²) in [6.07, 6.45) is 5.15. The fourth-order valence-electron chi connectivity index (χ4n) is 4.83. The maximum absolute atomic E-state index is 13.0. The van der Waals surface area contributed by atoms with Crippen molar-refractivity contribution in [2.24, 2.45) is 0 Å². The van der Waals surface area contributed by atoms with Gasteiger partial charge in [0.15, 0.2) is 0 Å². The number of nitrogens with zero attached hydrogens (tertiary/aromatic N) is 1. The molecule has 1 heterocycles. The Kier molecular flexibility index (Phi) is 6.71. The number of hydrogen-bond acceptors (Lipinski definition) is 3. The van der Waals surface area contributed by atoms with Gasteiger partial charge >= 0.3 is 12.0 Å². The Hall–Kier alpha value is -4.13. The lowest BCUT2D eigenvalue weighted by atomic mass is 9.80. The van der Waals surface area contributed by atoms with E-state index in [9.17, 15) is 14.4 Å². The van der Waals surface area contributed by atoms with Crippen LogP contribution >= 0.6 is 0 Å². The van der Waals surface area contributed by atoms with E-state index >= 15 is 0 Å². The Labute approximate surface area is 210 Å². The van der Waals surface area contributed by atoms with Crippen molar-refractivity contribution < 1.29 is 19.5 Å². The number of carbonyl (C=O) groups is 3. The molecule has 5 rings (SSSR count). The summed E-state index contributed by atoms with van der Waals surface area (Å²) in [5, 5.41) is 14.9. The van der Waals surface area contributed by atoms with Crippen LogP contribution in [0.2, 0.25) is 0 Å². The van der Waals surface area contributed by atoms with E-state index in [2.05, 4.69) is 22.8 Å². The third-order valence-electron chi connectivity index (χ3n) is 7.17. The van der Waals surface area contributed by atoms with Gasteiger partial charge < -0.3 is 20.6 Å². The van der Waals surface area contributed by atoms with Crippen LogP contribution in [0.25, 0.3) is 11.1 Å². The molecule has 3 aromatic carbocycles. The molecule has 3 amide bonds. The molecular formula is C29H29N3O4. The van der Waals surface area contributed by atoms with Crippen LogP contribution in [0.3, 0.4) is 0 Å². The van der Waals surface area contributed by atoms with E-state index in [1.54, 1.807) is 41.3 Å². The van der Waals surface area contributed by atoms with E-state index < -0.39 is 12.0 Å². The average Bonchev–Trinajstić information content (AvgIpc) is 3.35. The summed E-state index contributed by atoms with van der Waals surface area (Å²) in [4.78, 5) is 38.6. The van der Waals surface area contributed by atoms with E-state index in [0.717, 1.165) is 23.2 Å². The Morgan fingerprint density at radius 2 is 1.31 bits per heavy atom. The lowest BCUT2D eigenvalue weighted by Crippen LogP contribution is -2.45. The van der Waals surface area contributed by atoms with Gasteiger partial charge in [-0.1, -0.05) is 42.8 Å². The van der Waals surface area contributed by atoms with Gasteiger partial charge in [-0.15, -0.1) is 0 Å². The van der Waals surface area contributed by atoms with Crippen molar-refractivity contribution in [1.29, 1.82) is 0 Å². The molecule has 7 nitrogen and oxygen atoms in total. The topological polar surface area (TPSA) is 98.7 Å². The molecule has 3 aromatic rings. The molecule has 0 bridgehead atoms. The van der Waals surface area contributed by atoms with Crippen LogP contribution in [0, 0.1) is 0 Å². The number of carboxylic acids is 1. The van der Waals surface area contributed by atoms with Gasteiger partial charge in [-0.25, -0.2) is 9.59 Å². The van der Waals surface area contributed by atoms with Crippen molar-refractivity contribution in [3.05, 3.63) is 83.9 Å². The molecule has 184 valence electrons. The fraction of sp³-hybridized carbons (Fsp3) is 0.276. The minimum atomic E-state index is -0.962. The summed E-state index contributed by atoms with van der Waals surface area (Å²) in [6.45, 7) is 0.537. The Balaban J connectivity index is 1.19. The second-order valence-corrected chi connectivity index (χ2v) is 9.48. The molecule has 1 atom stereocenters. The van der Waals surface area contributed by atoms with Crippen molar-refractivity contribution in [2.45, 2.75) is 44.1 Å². The molecule has 0 spiro atoms. The van der Waals surface area contributed by atoms with Gasteiger partial charge in [-0.2, -0.15) is 0 Å². The number of likely N-dealkylation sites (tertiary alicyclic amines) is 1. The number of rotatable bonds is 6. The van der Waals surface area contributed by atoms with E-state index in [4.69, 9.17) is 5.11 Å². The second kappa shape index (κ2) is 10.2. The highest BCUT2D eigenvalue weighted by molar-refractivity contribution is 5.99. The Morgan fingerprint density at radius 3 is 1.89 bits per heavy atom. The van der Waals surface area contributed by atoms with Gasteiger partial charge in [0.25, 0.3) is 0 Å². The van der Waals surface area contributed by atoms with Crippen LogP contribution in [0.15, 0.2) is 72.8 Å². The molecule has 36 heavy (non-hydrogen) atoms. The maximum atomic E-state index is 13.0. The van der Waals surface area contributed by atoms with Crippen molar-refractivity contribution in [3.63, 3.8) is 0 Å². The fourth-order valence-corrected chi connectivity index (χ4v) is 4.83. The van der Waals surface area contributed by atoms with Crippen molar-refractivity contribution in [2.75, 3.05) is 17.2 Å². The number of carbonyl (C=O) groups excluding carboxylic acids is 2. The highest BCUT2D eigenvalue weighted by Crippen LogP contribution is 2.36. The SMILES string of the molecule is O=C(O)c1ccc(-c2ccc(NC(=O)[C@H]3CCCN3C(=O)Nc3ccc(C4CCC4)cc3)cc2)cc1. The van der Waals surface area contributed by atoms with Gasteiger partial charge in [0.05, 0.1) is 5.56 Å². The molecule has 0 unspecified atom stereocenters. The zero-order valence-corrected chi connectivity index (χ0v) is 19.9. The van der Waals surface area contributed by atoms with Crippen molar-refractivity contribution in [1.82, 2.24) is 4.90 Å². The largest absolute Gasteiger partial charge is 0.478 e. The zero-order valence-electron chi connectivity index (χ0n) is 19.9. The molecule has 2 fully saturated rings. The van der Waals surface area contributed by atoms with Gasteiger partial charge in [0.1, 0.15) is 6.04 Å². The number of carboxylic acid groups (broad SMARTS) is 1. The number of hydrogen-bond donors (Lipinski definition) is 3. The van der Waals surface area contributed by atoms with Gasteiger partial charge in [-0.05, 0) is 84.7 Å². The Bertz CT molecular complexity index is 1250. The third-order valence-corrected chi connectivity index (χ3v) is 7.17. The number of nitrogens with one attached hydrogen (secondary N) is 2. The van der Waals surface area contributed by atoms with Crippen LogP contribution in [0.5, 0.6) is 0 Å². The first-order chi connectivity index (χ1) is 17.5. The molecule has 1 saturated carbocycles. The first-order valence-electron chi connectivity index (χ1n) is 12.4. The minimum absolute atomic E-state index is 0.207. The molecule has 1 aliphatic carbocycles. The summed E-state index contributed by atoms with van der Waals surface area (Å²) in [6, 6.07) is 21.3. The third kappa shape index (κ3) is 5.10. The van der Waals surface area contributed by atoms with Crippen molar-refractivity contribution in [3.8, 4) is 11.1 Å². The highest BCUT2D eigenvalue weighted by Gasteiger charge is 2.34. The van der Waals surface area contributed by atoms with E-state index in [-0.39, 0.29) is 17.5 Å². The minimum Gasteiger partial charge on any atom is -0.478 e. The number of benzene rings is 3. The lowest BCUT2D eigenvalue weighted by Gasteiger charge is -2.26. The molecule has 1 aliphatic heterocycles. The summed E-state index contributed by atoms with van der Waals surface area (Å²) in [5.74, 6) is -0.523. The summed E-state index contributed by atoms with van der Waals surface area (Å²) in [5.41, 5.74) is 4.73. The quantitative estimate of drug-likeness (QED) is 0.403. The van der Waals surface area contributed by atoms with Gasteiger partial charge in [0.2, 0.25) is 5.91 Å². The highest BCUT2D eigenvalue weighted by atomic mass is 16.4. The number of aromatic carboxylic acids is 1. The summed E-state index contributed by atoms with van der Waals surface area (Å²) >= 11 is 0. The normalized spacial score (nSPS) is 17.3. The van der Waals surface area contributed by atoms with Gasteiger partial charge in [-0.3, -0.25) is 4.79 Å². The molecule has 0 aromatic heterocycles. The lowest BCUT2D eigenvalue weighted by molar-refractivity contribution is -0.119. The smallest absolute Gasteiger partial charge is 0.335 e. The van der Waals surface area contributed by atoms with Crippen LogP contribution in [0.1, 0.15) is 53.9 Å². The summed E-state index contributed by atoms with van der Waals surface area (Å²) in [7, 11) is 0. The zero-order chi connectivity index (χ0) is 25.1. The number of amides is 3. The monoisotopic (exact) mass is 483 g/mol. The number of urea groups is 1. The van der Waals surface area contributed by atoms with E-state index in [0.29, 0.717) is 24.6 Å². The van der Waals surface area contributed by atoms with E-state index in [1.807, 2.05) is 24.3 Å². The van der Waals surface area contributed by atoms with Crippen LogP contribution in [0.4, 0.5) is 16.2 Å². The predicted octanol–water partition coefficient (Wildman–Crippen LogP) is 5.95. The predicted molar refractivity (Wildman–Crippen MR) is 139 cm³/mol. The molecule has 3 N–H and O–H groups in total. The van der Waals surface area contributed by atoms with Crippen LogP contribution < -0.4 is 10.6 Å². The average molecular weight is 484 g/mol. The van der Waals surface area contributed by atoms with E-state index in [1.165, 1.54) is 24.8 Å². The second-order valence-electron chi connectivity index (χ2n) is 9.48. The first kappa shape index (κ1) is 23.6. The standard InChI is InChI=1S/C29H29N3O4/c33-27(30-24-14-10-22(11-15-24)20-6-8-23(9-7-20)28(34)35)26-5-2-18-32(26)29(36)31-25-16-12-21(13-17-25)19-3-1-4-19/h6-17,19,26H,1-5,18H2,(H,30,33)(H,31,36)(H,34,35)/t26-/m1/s1. The molecule has 7 heteroatoms. The Morgan fingerprint density at radius 1 is 0.722 bits per heavy atom. The first-order valence-corrected chi connectivity index (χ1v) is 12.4. The van der Waals surface area contributed by atoms with Crippen LogP contribution in [-0.4, -0.2) is 40.5 Å².